The third-order valence-corrected chi connectivity index (χ3v) is 0.454. The molecule has 0 fully saturated rings. The molecule has 0 amide bonds. The summed E-state index contributed by atoms with van der Waals surface area (Å²) in [5, 5.41) is 22.9. The third-order valence-electron chi connectivity index (χ3n) is 0.454. The molecule has 0 radical (unpaired) electrons. The van der Waals surface area contributed by atoms with Crippen molar-refractivity contribution < 1.29 is 24.9 Å². The molecular formula is C6H10O5. The highest BCUT2D eigenvalue weighted by Gasteiger charge is 1.84. The van der Waals surface area contributed by atoms with Gasteiger partial charge >= 0.3 is 11.9 Å². The monoisotopic (exact) mass is 162 g/mol. The van der Waals surface area contributed by atoms with Gasteiger partial charge in [-0.1, -0.05) is 6.08 Å². The average Bonchev–Trinajstić information content (AvgIpc) is 1.89. The minimum Gasteiger partial charge on any atom is -0.481 e. The fourth-order valence-corrected chi connectivity index (χ4v) is 0.123. The smallest absolute Gasteiger partial charge is 0.329 e. The molecule has 0 unspecified atom stereocenters. The topological polar surface area (TPSA) is 94.8 Å². The van der Waals surface area contributed by atoms with E-state index in [0.717, 1.165) is 0 Å². The Morgan fingerprint density at radius 2 is 1.64 bits per heavy atom. The van der Waals surface area contributed by atoms with Crippen LogP contribution in [0.1, 0.15) is 6.42 Å². The summed E-state index contributed by atoms with van der Waals surface area (Å²) < 4.78 is 0. The van der Waals surface area contributed by atoms with E-state index in [1.807, 2.05) is 0 Å². The zero-order valence-corrected chi connectivity index (χ0v) is 5.86. The van der Waals surface area contributed by atoms with E-state index in [9.17, 15) is 4.79 Å². The Balaban J connectivity index is 0. The molecular weight excluding hydrogens is 152 g/mol. The van der Waals surface area contributed by atoms with E-state index in [0.29, 0.717) is 0 Å². The van der Waals surface area contributed by atoms with E-state index in [2.05, 4.69) is 6.58 Å². The summed E-state index contributed by atoms with van der Waals surface area (Å²) in [6.07, 6.45) is 1.41. The zero-order chi connectivity index (χ0) is 9.28. The highest BCUT2D eigenvalue weighted by molar-refractivity contribution is 5.68. The summed E-state index contributed by atoms with van der Waals surface area (Å²) in [6.45, 7) is 2.44. The van der Waals surface area contributed by atoms with Crippen molar-refractivity contribution in [2.45, 2.75) is 6.42 Å². The lowest BCUT2D eigenvalue weighted by Gasteiger charge is -1.75. The SMILES string of the molecule is C=CCC(=O)O.O=C(O)CO. The van der Waals surface area contributed by atoms with Gasteiger partial charge in [0.2, 0.25) is 0 Å². The van der Waals surface area contributed by atoms with E-state index in [4.69, 9.17) is 20.1 Å². The van der Waals surface area contributed by atoms with Crippen molar-refractivity contribution in [3.8, 4) is 0 Å². The number of carboxylic acid groups (broad SMARTS) is 2. The Hall–Kier alpha value is -1.36. The molecule has 0 rings (SSSR count). The molecule has 0 aliphatic carbocycles. The molecule has 5 nitrogen and oxygen atoms in total. The second-order valence-electron chi connectivity index (χ2n) is 1.44. The van der Waals surface area contributed by atoms with Crippen LogP contribution in [-0.2, 0) is 9.59 Å². The van der Waals surface area contributed by atoms with Gasteiger partial charge in [0.25, 0.3) is 0 Å². The molecule has 0 heterocycles. The fourth-order valence-electron chi connectivity index (χ4n) is 0.123. The first-order valence-electron chi connectivity index (χ1n) is 2.70. The van der Waals surface area contributed by atoms with Crippen LogP contribution in [0.4, 0.5) is 0 Å². The van der Waals surface area contributed by atoms with Crippen molar-refractivity contribution in [1.82, 2.24) is 0 Å². The normalized spacial score (nSPS) is 7.36. The van der Waals surface area contributed by atoms with Gasteiger partial charge in [-0.2, -0.15) is 0 Å². The minimum absolute atomic E-state index is 0.0556. The molecule has 0 aromatic carbocycles. The lowest BCUT2D eigenvalue weighted by Crippen LogP contribution is -1.98. The van der Waals surface area contributed by atoms with Gasteiger partial charge in [0.1, 0.15) is 6.61 Å². The maximum absolute atomic E-state index is 9.53. The number of aliphatic carboxylic acids is 2. The van der Waals surface area contributed by atoms with E-state index in [-0.39, 0.29) is 6.42 Å². The number of carbonyl (C=O) groups is 2. The maximum Gasteiger partial charge on any atom is 0.329 e. The summed E-state index contributed by atoms with van der Waals surface area (Å²) in [5.41, 5.74) is 0. The van der Waals surface area contributed by atoms with E-state index in [1.54, 1.807) is 0 Å². The molecule has 5 heteroatoms. The summed E-state index contributed by atoms with van der Waals surface area (Å²) in [7, 11) is 0. The van der Waals surface area contributed by atoms with Crippen molar-refractivity contribution in [2.24, 2.45) is 0 Å². The number of rotatable bonds is 3. The second-order valence-corrected chi connectivity index (χ2v) is 1.44. The van der Waals surface area contributed by atoms with Crippen LogP contribution in [0, 0.1) is 0 Å². The molecule has 11 heavy (non-hydrogen) atoms. The van der Waals surface area contributed by atoms with E-state index < -0.39 is 18.5 Å². The van der Waals surface area contributed by atoms with Crippen molar-refractivity contribution in [2.75, 3.05) is 6.61 Å². The molecule has 0 aliphatic heterocycles. The molecule has 64 valence electrons. The maximum atomic E-state index is 9.53. The number of aliphatic hydroxyl groups is 1. The number of aliphatic hydroxyl groups excluding tert-OH is 1. The van der Waals surface area contributed by atoms with Crippen LogP contribution in [-0.4, -0.2) is 33.9 Å². The van der Waals surface area contributed by atoms with Crippen molar-refractivity contribution >= 4 is 11.9 Å². The molecule has 0 atom stereocenters. The summed E-state index contributed by atoms with van der Waals surface area (Å²) in [4.78, 5) is 18.6. The molecule has 0 saturated heterocycles. The van der Waals surface area contributed by atoms with Gasteiger partial charge in [0.05, 0.1) is 6.42 Å². The number of hydrogen-bond acceptors (Lipinski definition) is 3. The number of carboxylic acids is 2. The highest BCUT2D eigenvalue weighted by Crippen LogP contribution is 1.74. The van der Waals surface area contributed by atoms with Crippen LogP contribution >= 0.6 is 0 Å². The van der Waals surface area contributed by atoms with Crippen LogP contribution in [0.25, 0.3) is 0 Å². The molecule has 0 bridgehead atoms. The molecule has 0 aromatic rings. The van der Waals surface area contributed by atoms with Gasteiger partial charge in [-0.25, -0.2) is 4.79 Å². The summed E-state index contributed by atoms with van der Waals surface area (Å²) >= 11 is 0. The Morgan fingerprint density at radius 3 is 1.64 bits per heavy atom. The Labute approximate surface area is 63.6 Å². The lowest BCUT2D eigenvalue weighted by molar-refractivity contribution is -0.140. The minimum atomic E-state index is -1.19. The highest BCUT2D eigenvalue weighted by atomic mass is 16.4. The van der Waals surface area contributed by atoms with Crippen molar-refractivity contribution in [3.05, 3.63) is 12.7 Å². The fraction of sp³-hybridized carbons (Fsp3) is 0.333. The van der Waals surface area contributed by atoms with Gasteiger partial charge in [0, 0.05) is 0 Å². The Morgan fingerprint density at radius 1 is 1.27 bits per heavy atom. The van der Waals surface area contributed by atoms with Gasteiger partial charge in [-0.3, -0.25) is 4.79 Å². The van der Waals surface area contributed by atoms with Crippen molar-refractivity contribution in [1.29, 1.82) is 0 Å². The van der Waals surface area contributed by atoms with Gasteiger partial charge in [0.15, 0.2) is 0 Å². The molecule has 0 aromatic heterocycles. The second kappa shape index (κ2) is 8.64. The van der Waals surface area contributed by atoms with Crippen LogP contribution in [0.5, 0.6) is 0 Å². The van der Waals surface area contributed by atoms with E-state index in [1.165, 1.54) is 6.08 Å². The molecule has 0 saturated carbocycles. The van der Waals surface area contributed by atoms with E-state index >= 15 is 0 Å². The quantitative estimate of drug-likeness (QED) is 0.495. The summed E-state index contributed by atoms with van der Waals surface area (Å²) in [6, 6.07) is 0. The first kappa shape index (κ1) is 12.3. The molecule has 0 spiro atoms. The lowest BCUT2D eigenvalue weighted by atomic mass is 10.4. The average molecular weight is 162 g/mol. The van der Waals surface area contributed by atoms with Crippen molar-refractivity contribution in [3.63, 3.8) is 0 Å². The zero-order valence-electron chi connectivity index (χ0n) is 5.86. The Bertz CT molecular complexity index is 140. The number of hydrogen-bond donors (Lipinski definition) is 3. The van der Waals surface area contributed by atoms with Crippen LogP contribution < -0.4 is 0 Å². The predicted octanol–water partition coefficient (Wildman–Crippen LogP) is -0.290. The summed E-state index contributed by atoms with van der Waals surface area (Å²) in [5.74, 6) is -2.02. The first-order chi connectivity index (χ1) is 5.04. The van der Waals surface area contributed by atoms with Crippen LogP contribution in [0.3, 0.4) is 0 Å². The standard InChI is InChI=1S/C4H6O2.C2H4O3/c1-2-3-4(5)6;3-1-2(4)5/h2H,1,3H2,(H,5,6);3H,1H2,(H,4,5). The molecule has 3 N–H and O–H groups in total. The van der Waals surface area contributed by atoms with Gasteiger partial charge in [-0.15, -0.1) is 6.58 Å². The van der Waals surface area contributed by atoms with Gasteiger partial charge in [-0.05, 0) is 0 Å². The van der Waals surface area contributed by atoms with Crippen LogP contribution in [0.15, 0.2) is 12.7 Å². The largest absolute Gasteiger partial charge is 0.481 e. The first-order valence-corrected chi connectivity index (χ1v) is 2.70. The van der Waals surface area contributed by atoms with Gasteiger partial charge < -0.3 is 15.3 Å². The van der Waals surface area contributed by atoms with Crippen LogP contribution in [0.2, 0.25) is 0 Å². The Kier molecular flexibility index (Phi) is 9.68. The molecule has 0 aliphatic rings. The predicted molar refractivity (Wildman–Crippen MR) is 37.2 cm³/mol. The third kappa shape index (κ3) is 28.8.